The van der Waals surface area contributed by atoms with Crippen LogP contribution in [0.3, 0.4) is 0 Å². The van der Waals surface area contributed by atoms with E-state index in [1.165, 1.54) is 28.0 Å². The normalized spacial score (nSPS) is 12.2. The summed E-state index contributed by atoms with van der Waals surface area (Å²) in [5.41, 5.74) is 6.67. The number of rotatable bonds is 7. The van der Waals surface area contributed by atoms with Gasteiger partial charge < -0.3 is 5.11 Å². The third-order valence-corrected chi connectivity index (χ3v) is 7.29. The Kier molecular flexibility index (Phi) is 10.1. The van der Waals surface area contributed by atoms with Gasteiger partial charge in [-0.15, -0.1) is 29.1 Å². The molecule has 0 bridgehead atoms. The van der Waals surface area contributed by atoms with E-state index in [1.54, 1.807) is 0 Å². The summed E-state index contributed by atoms with van der Waals surface area (Å²) >= 11 is 0. The molecule has 0 saturated carbocycles. The Bertz CT molecular complexity index is 1400. The predicted molar refractivity (Wildman–Crippen MR) is 148 cm³/mol. The van der Waals surface area contributed by atoms with E-state index in [1.807, 2.05) is 52.1 Å². The molecule has 2 aromatic carbocycles. The van der Waals surface area contributed by atoms with Crippen molar-refractivity contribution in [1.29, 1.82) is 0 Å². The minimum Gasteiger partial charge on any atom is -0.512 e. The standard InChI is InChI=1S/C19H11N2.C13H24O2.Ir/c1-4-12-5-2-7-15-18(12)13(6-1)10-14-11-17-16(21-19(14)15)8-3-9-20-17;1-5-10(6-2)12(14)9-13(15)11(7-3)8-4;/h1-6,8-9,11H,10H2;9-11,14H,5-8H2,1-4H3;/q-1;;/b;12-9-;. The Morgan fingerprint density at radius 3 is 2.41 bits per heavy atom. The smallest absolute Gasteiger partial charge is 0.162 e. The molecule has 2 aromatic heterocycles. The first-order chi connectivity index (χ1) is 17.5. The maximum atomic E-state index is 11.7. The molecule has 4 nitrogen and oxygen atoms in total. The Labute approximate surface area is 233 Å². The molecule has 0 aliphatic heterocycles. The summed E-state index contributed by atoms with van der Waals surface area (Å²) in [5.74, 6) is 0.547. The first-order valence-corrected chi connectivity index (χ1v) is 13.1. The van der Waals surface area contributed by atoms with Gasteiger partial charge in [0.2, 0.25) is 0 Å². The van der Waals surface area contributed by atoms with Crippen LogP contribution in [0, 0.1) is 17.9 Å². The summed E-state index contributed by atoms with van der Waals surface area (Å²) in [4.78, 5) is 21.0. The van der Waals surface area contributed by atoms with E-state index in [9.17, 15) is 9.90 Å². The molecule has 5 rings (SSSR count). The monoisotopic (exact) mass is 672 g/mol. The van der Waals surface area contributed by atoms with E-state index >= 15 is 0 Å². The van der Waals surface area contributed by atoms with Crippen LogP contribution < -0.4 is 0 Å². The molecule has 0 saturated heterocycles. The molecule has 1 aliphatic rings. The van der Waals surface area contributed by atoms with Crippen LogP contribution in [0.15, 0.2) is 66.6 Å². The number of fused-ring (bicyclic) bond motifs is 3. The Balaban J connectivity index is 0.000000214. The van der Waals surface area contributed by atoms with Crippen LogP contribution >= 0.6 is 0 Å². The van der Waals surface area contributed by atoms with Gasteiger partial charge in [0, 0.05) is 44.2 Å². The molecule has 195 valence electrons. The van der Waals surface area contributed by atoms with Crippen molar-refractivity contribution in [3.8, 4) is 11.3 Å². The van der Waals surface area contributed by atoms with E-state index in [2.05, 4.69) is 41.4 Å². The quantitative estimate of drug-likeness (QED) is 0.108. The van der Waals surface area contributed by atoms with E-state index in [4.69, 9.17) is 4.98 Å². The molecular formula is C32H35IrN2O2-. The molecular weight excluding hydrogens is 637 g/mol. The zero-order valence-corrected chi connectivity index (χ0v) is 24.4. The third kappa shape index (κ3) is 6.17. The number of nitrogens with zero attached hydrogens (tertiary/aromatic N) is 2. The second kappa shape index (κ2) is 13.1. The summed E-state index contributed by atoms with van der Waals surface area (Å²) in [5, 5.41) is 12.3. The Hall–Kier alpha value is -2.88. The summed E-state index contributed by atoms with van der Waals surface area (Å²) in [6.45, 7) is 8.07. The van der Waals surface area contributed by atoms with E-state index in [0.29, 0.717) is 0 Å². The van der Waals surface area contributed by atoms with Gasteiger partial charge in [-0.25, -0.2) is 0 Å². The fourth-order valence-electron chi connectivity index (χ4n) is 5.06. The second-order valence-electron chi connectivity index (χ2n) is 9.45. The van der Waals surface area contributed by atoms with Crippen molar-refractivity contribution >= 4 is 27.6 Å². The third-order valence-electron chi connectivity index (χ3n) is 7.29. The van der Waals surface area contributed by atoms with Gasteiger partial charge in [0.1, 0.15) is 0 Å². The molecule has 2 heterocycles. The fraction of sp³-hybridized carbons (Fsp3) is 0.344. The largest absolute Gasteiger partial charge is 0.512 e. The van der Waals surface area contributed by atoms with Crippen molar-refractivity contribution in [2.24, 2.45) is 11.8 Å². The molecule has 0 unspecified atom stereocenters. The number of pyridine rings is 2. The Morgan fingerprint density at radius 1 is 0.973 bits per heavy atom. The van der Waals surface area contributed by atoms with Crippen LogP contribution in [-0.2, 0) is 31.3 Å². The fourth-order valence-corrected chi connectivity index (χ4v) is 5.06. The summed E-state index contributed by atoms with van der Waals surface area (Å²) < 4.78 is 0. The van der Waals surface area contributed by atoms with Crippen LogP contribution in [0.4, 0.5) is 0 Å². The summed E-state index contributed by atoms with van der Waals surface area (Å²) in [6.07, 6.45) is 7.64. The van der Waals surface area contributed by atoms with Gasteiger partial charge in [0.15, 0.2) is 5.78 Å². The zero-order valence-electron chi connectivity index (χ0n) is 22.0. The van der Waals surface area contributed by atoms with Crippen molar-refractivity contribution in [2.45, 2.75) is 59.8 Å². The molecule has 0 atom stereocenters. The maximum absolute atomic E-state index is 11.7. The maximum Gasteiger partial charge on any atom is 0.162 e. The molecule has 1 radical (unpaired) electrons. The van der Waals surface area contributed by atoms with Gasteiger partial charge in [0.05, 0.1) is 16.8 Å². The van der Waals surface area contributed by atoms with Crippen LogP contribution in [0.2, 0.25) is 0 Å². The number of hydrogen-bond donors (Lipinski definition) is 1. The number of carbonyl (C=O) groups is 1. The van der Waals surface area contributed by atoms with Crippen LogP contribution in [0.1, 0.15) is 64.5 Å². The number of aliphatic hydroxyl groups is 1. The number of allylic oxidation sites excluding steroid dienone is 2. The second-order valence-corrected chi connectivity index (χ2v) is 9.45. The molecule has 0 amide bonds. The van der Waals surface area contributed by atoms with Gasteiger partial charge in [0.25, 0.3) is 0 Å². The van der Waals surface area contributed by atoms with E-state index in [0.717, 1.165) is 54.4 Å². The number of hydrogen-bond acceptors (Lipinski definition) is 4. The number of aliphatic hydroxyl groups excluding tert-OH is 1. The number of carbonyl (C=O) groups excluding carboxylic acids is 1. The predicted octanol–water partition coefficient (Wildman–Crippen LogP) is 8.02. The van der Waals surface area contributed by atoms with Crippen molar-refractivity contribution in [1.82, 2.24) is 9.97 Å². The number of aromatic nitrogens is 2. The zero-order chi connectivity index (χ0) is 25.7. The van der Waals surface area contributed by atoms with Gasteiger partial charge in [-0.2, -0.15) is 0 Å². The molecule has 5 heteroatoms. The van der Waals surface area contributed by atoms with E-state index < -0.39 is 0 Å². The average molecular weight is 672 g/mol. The summed E-state index contributed by atoms with van der Waals surface area (Å²) in [6, 6.07) is 20.1. The minimum absolute atomic E-state index is 0. The molecule has 4 aromatic rings. The van der Waals surface area contributed by atoms with Gasteiger partial charge in [-0.05, 0) is 56.0 Å². The summed E-state index contributed by atoms with van der Waals surface area (Å²) in [7, 11) is 0. The van der Waals surface area contributed by atoms with Crippen LogP contribution in [0.25, 0.3) is 33.1 Å². The van der Waals surface area contributed by atoms with Crippen molar-refractivity contribution < 1.29 is 30.0 Å². The van der Waals surface area contributed by atoms with Gasteiger partial charge in [-0.1, -0.05) is 62.4 Å². The van der Waals surface area contributed by atoms with Crippen LogP contribution in [0.5, 0.6) is 0 Å². The van der Waals surface area contributed by atoms with Crippen LogP contribution in [-0.4, -0.2) is 20.9 Å². The first kappa shape index (κ1) is 28.7. The van der Waals surface area contributed by atoms with E-state index in [-0.39, 0.29) is 43.5 Å². The van der Waals surface area contributed by atoms with Crippen molar-refractivity contribution in [2.75, 3.05) is 0 Å². The average Bonchev–Trinajstić information content (AvgIpc) is 2.90. The minimum atomic E-state index is 0. The SMILES string of the molecule is CCC(CC)C(=O)/C=C(\O)C(CC)CC.[Ir].[c-]1ccc2cccc3c2c1-c1nc2cccnc2cc1C3. The van der Waals surface area contributed by atoms with Crippen molar-refractivity contribution in [3.63, 3.8) is 0 Å². The molecule has 1 N–H and O–H groups in total. The first-order valence-electron chi connectivity index (χ1n) is 13.1. The molecule has 37 heavy (non-hydrogen) atoms. The van der Waals surface area contributed by atoms with Gasteiger partial charge >= 0.3 is 0 Å². The topological polar surface area (TPSA) is 63.1 Å². The van der Waals surface area contributed by atoms with Gasteiger partial charge in [-0.3, -0.25) is 14.8 Å². The number of benzene rings is 2. The molecule has 0 spiro atoms. The molecule has 0 fully saturated rings. The van der Waals surface area contributed by atoms with Crippen molar-refractivity contribution in [3.05, 3.63) is 83.8 Å². The Morgan fingerprint density at radius 2 is 1.70 bits per heavy atom. The molecule has 1 aliphatic carbocycles. The number of ketones is 1.